The molecule has 0 radical (unpaired) electrons. The molecule has 1 aromatic carbocycles. The van der Waals surface area contributed by atoms with Gasteiger partial charge in [0.1, 0.15) is 0 Å². The van der Waals surface area contributed by atoms with Crippen molar-refractivity contribution in [1.29, 1.82) is 0 Å². The van der Waals surface area contributed by atoms with Gasteiger partial charge in [-0.05, 0) is 56.7 Å². The first kappa shape index (κ1) is 18.0. The van der Waals surface area contributed by atoms with Gasteiger partial charge >= 0.3 is 0 Å². The average Bonchev–Trinajstić information content (AvgIpc) is 2.56. The van der Waals surface area contributed by atoms with Crippen LogP contribution in [0.15, 0.2) is 29.8 Å². The largest absolute Gasteiger partial charge is 0.376 e. The Hall–Kier alpha value is -2.30. The van der Waals surface area contributed by atoms with Crippen molar-refractivity contribution in [2.45, 2.75) is 46.0 Å². The molecule has 0 aliphatic heterocycles. The normalized spacial score (nSPS) is 13.8. The van der Waals surface area contributed by atoms with Gasteiger partial charge in [-0.15, -0.1) is 0 Å². The van der Waals surface area contributed by atoms with E-state index in [1.54, 1.807) is 0 Å². The monoisotopic (exact) mass is 329 g/mol. The van der Waals surface area contributed by atoms with Crippen LogP contribution in [0, 0.1) is 6.92 Å². The molecular weight excluding hydrogens is 302 g/mol. The predicted octanol–water partition coefficient (Wildman–Crippen LogP) is 3.37. The average molecular weight is 329 g/mol. The Kier molecular flexibility index (Phi) is 6.85. The molecule has 3 N–H and O–H groups in total. The molecule has 2 amide bonds. The van der Waals surface area contributed by atoms with Crippen LogP contribution >= 0.6 is 0 Å². The van der Waals surface area contributed by atoms with Crippen LogP contribution in [0.25, 0.3) is 0 Å². The fraction of sp³-hybridized carbons (Fsp3) is 0.474. The van der Waals surface area contributed by atoms with Crippen LogP contribution in [0.3, 0.4) is 0 Å². The third kappa shape index (κ3) is 5.72. The molecule has 130 valence electrons. The number of nitrogens with one attached hydrogen (secondary N) is 3. The van der Waals surface area contributed by atoms with Crippen molar-refractivity contribution in [3.8, 4) is 0 Å². The zero-order valence-corrected chi connectivity index (χ0v) is 14.6. The lowest BCUT2D eigenvalue weighted by Gasteiger charge is -2.15. The maximum atomic E-state index is 12.0. The highest BCUT2D eigenvalue weighted by Gasteiger charge is 2.08. The first-order valence-corrected chi connectivity index (χ1v) is 8.62. The van der Waals surface area contributed by atoms with Crippen LogP contribution in [-0.2, 0) is 9.59 Å². The van der Waals surface area contributed by atoms with Crippen molar-refractivity contribution in [3.63, 3.8) is 0 Å². The van der Waals surface area contributed by atoms with E-state index in [-0.39, 0.29) is 18.4 Å². The van der Waals surface area contributed by atoms with Gasteiger partial charge < -0.3 is 16.0 Å². The quantitative estimate of drug-likeness (QED) is 0.672. The summed E-state index contributed by atoms with van der Waals surface area (Å²) < 4.78 is 0. The molecule has 0 unspecified atom stereocenters. The van der Waals surface area contributed by atoms with E-state index in [0.717, 1.165) is 23.4 Å². The lowest BCUT2D eigenvalue weighted by molar-refractivity contribution is -0.119. The molecule has 0 aromatic heterocycles. The summed E-state index contributed by atoms with van der Waals surface area (Å²) in [6, 6.07) is 5.61. The molecule has 0 saturated heterocycles. The minimum Gasteiger partial charge on any atom is -0.376 e. The van der Waals surface area contributed by atoms with E-state index in [0.29, 0.717) is 6.54 Å². The summed E-state index contributed by atoms with van der Waals surface area (Å²) in [5, 5.41) is 8.88. The van der Waals surface area contributed by atoms with E-state index in [9.17, 15) is 9.59 Å². The lowest BCUT2D eigenvalue weighted by atomic mass is 9.97. The van der Waals surface area contributed by atoms with Crippen LogP contribution in [0.2, 0.25) is 0 Å². The van der Waals surface area contributed by atoms with Gasteiger partial charge in [-0.2, -0.15) is 0 Å². The Labute approximate surface area is 143 Å². The molecule has 1 aliphatic rings. The smallest absolute Gasteiger partial charge is 0.239 e. The third-order valence-corrected chi connectivity index (χ3v) is 4.24. The number of carbonyl (C=O) groups is 2. The summed E-state index contributed by atoms with van der Waals surface area (Å²) in [5.41, 5.74) is 4.00. The molecule has 0 saturated carbocycles. The molecule has 1 aromatic rings. The van der Waals surface area contributed by atoms with Gasteiger partial charge in [0, 0.05) is 24.8 Å². The van der Waals surface area contributed by atoms with Crippen LogP contribution < -0.4 is 16.0 Å². The number of amides is 2. The highest BCUT2D eigenvalue weighted by molar-refractivity contribution is 5.91. The standard InChI is InChI=1S/C19H27N3O2/c1-14-17(9-6-10-18(14)22-15(2)23)21-13-19(24)20-12-11-16-7-4-3-5-8-16/h6-7,9-10,21H,3-5,8,11-13H2,1-2H3,(H,20,24)(H,22,23). The SMILES string of the molecule is CC(=O)Nc1cccc(NCC(=O)NCCC2=CCCCC2)c1C. The fourth-order valence-electron chi connectivity index (χ4n) is 2.88. The van der Waals surface area contributed by atoms with E-state index < -0.39 is 0 Å². The minimum atomic E-state index is -0.106. The zero-order valence-electron chi connectivity index (χ0n) is 14.6. The molecule has 0 spiro atoms. The van der Waals surface area contributed by atoms with Gasteiger partial charge in [-0.1, -0.05) is 17.7 Å². The molecule has 1 aliphatic carbocycles. The molecule has 0 heterocycles. The van der Waals surface area contributed by atoms with Gasteiger partial charge in [0.15, 0.2) is 0 Å². The van der Waals surface area contributed by atoms with E-state index in [1.807, 2.05) is 25.1 Å². The number of hydrogen-bond donors (Lipinski definition) is 3. The second kappa shape index (κ2) is 9.11. The lowest BCUT2D eigenvalue weighted by Crippen LogP contribution is -2.31. The highest BCUT2D eigenvalue weighted by Crippen LogP contribution is 2.23. The number of carbonyl (C=O) groups excluding carboxylic acids is 2. The van der Waals surface area contributed by atoms with E-state index in [2.05, 4.69) is 22.0 Å². The van der Waals surface area contributed by atoms with Crippen molar-refractivity contribution in [1.82, 2.24) is 5.32 Å². The topological polar surface area (TPSA) is 70.2 Å². The third-order valence-electron chi connectivity index (χ3n) is 4.24. The number of anilines is 2. The number of rotatable bonds is 7. The number of allylic oxidation sites excluding steroid dienone is 1. The summed E-state index contributed by atoms with van der Waals surface area (Å²) >= 11 is 0. The number of hydrogen-bond acceptors (Lipinski definition) is 3. The van der Waals surface area contributed by atoms with E-state index in [4.69, 9.17) is 0 Å². The molecule has 2 rings (SSSR count). The fourth-order valence-corrected chi connectivity index (χ4v) is 2.88. The van der Waals surface area contributed by atoms with E-state index in [1.165, 1.54) is 38.2 Å². The van der Waals surface area contributed by atoms with Crippen LogP contribution in [0.5, 0.6) is 0 Å². The minimum absolute atomic E-state index is 0.0178. The summed E-state index contributed by atoms with van der Waals surface area (Å²) in [5.74, 6) is -0.124. The maximum Gasteiger partial charge on any atom is 0.239 e. The number of benzene rings is 1. The first-order chi connectivity index (χ1) is 11.6. The molecule has 0 bridgehead atoms. The molecular formula is C19H27N3O2. The summed E-state index contributed by atoms with van der Waals surface area (Å²) in [7, 11) is 0. The Bertz CT molecular complexity index is 623. The van der Waals surface area contributed by atoms with Crippen molar-refractivity contribution in [2.24, 2.45) is 0 Å². The van der Waals surface area contributed by atoms with Crippen LogP contribution in [-0.4, -0.2) is 24.9 Å². The second-order valence-corrected chi connectivity index (χ2v) is 6.22. The van der Waals surface area contributed by atoms with Crippen LogP contribution in [0.1, 0.15) is 44.6 Å². The van der Waals surface area contributed by atoms with Gasteiger partial charge in [-0.25, -0.2) is 0 Å². The van der Waals surface area contributed by atoms with Crippen molar-refractivity contribution in [3.05, 3.63) is 35.4 Å². The van der Waals surface area contributed by atoms with Gasteiger partial charge in [0.25, 0.3) is 0 Å². The van der Waals surface area contributed by atoms with Crippen molar-refractivity contribution in [2.75, 3.05) is 23.7 Å². The zero-order chi connectivity index (χ0) is 17.4. The first-order valence-electron chi connectivity index (χ1n) is 8.62. The summed E-state index contributed by atoms with van der Waals surface area (Å²) in [6.07, 6.45) is 8.16. The van der Waals surface area contributed by atoms with Gasteiger partial charge in [-0.3, -0.25) is 9.59 Å². The van der Waals surface area contributed by atoms with Gasteiger partial charge in [0.2, 0.25) is 11.8 Å². The Balaban J connectivity index is 1.77. The Morgan fingerprint density at radius 3 is 2.67 bits per heavy atom. The molecule has 24 heavy (non-hydrogen) atoms. The molecule has 0 fully saturated rings. The summed E-state index contributed by atoms with van der Waals surface area (Å²) in [4.78, 5) is 23.2. The Morgan fingerprint density at radius 1 is 1.17 bits per heavy atom. The van der Waals surface area contributed by atoms with E-state index >= 15 is 0 Å². The van der Waals surface area contributed by atoms with Crippen LogP contribution in [0.4, 0.5) is 11.4 Å². The highest BCUT2D eigenvalue weighted by atomic mass is 16.2. The maximum absolute atomic E-state index is 12.0. The van der Waals surface area contributed by atoms with Crippen molar-refractivity contribution < 1.29 is 9.59 Å². The predicted molar refractivity (Wildman–Crippen MR) is 98.2 cm³/mol. The molecule has 0 atom stereocenters. The Morgan fingerprint density at radius 2 is 1.96 bits per heavy atom. The second-order valence-electron chi connectivity index (χ2n) is 6.22. The van der Waals surface area contributed by atoms with Crippen molar-refractivity contribution >= 4 is 23.2 Å². The van der Waals surface area contributed by atoms with Gasteiger partial charge in [0.05, 0.1) is 6.54 Å². The summed E-state index contributed by atoms with van der Waals surface area (Å²) in [6.45, 7) is 4.32. The molecule has 5 heteroatoms. The molecule has 5 nitrogen and oxygen atoms in total.